The highest BCUT2D eigenvalue weighted by Gasteiger charge is 2.08. The number of benzene rings is 1. The maximum absolute atomic E-state index is 12.4. The molecule has 2 heterocycles. The second kappa shape index (κ2) is 6.02. The van der Waals surface area contributed by atoms with Gasteiger partial charge >= 0.3 is 0 Å². The minimum atomic E-state index is -0.160. The molecule has 0 spiro atoms. The SMILES string of the molecule is COc1ccc(/C=N\n2c(C)nc3sccc3c2=O)cc1Br. The summed E-state index contributed by atoms with van der Waals surface area (Å²) in [6.45, 7) is 1.77. The summed E-state index contributed by atoms with van der Waals surface area (Å²) in [5.41, 5.74) is 0.692. The van der Waals surface area contributed by atoms with Crippen LogP contribution in [0.2, 0.25) is 0 Å². The zero-order valence-corrected chi connectivity index (χ0v) is 14.3. The van der Waals surface area contributed by atoms with Crippen LogP contribution in [-0.2, 0) is 0 Å². The van der Waals surface area contributed by atoms with E-state index in [1.165, 1.54) is 16.0 Å². The van der Waals surface area contributed by atoms with E-state index in [-0.39, 0.29) is 5.56 Å². The summed E-state index contributed by atoms with van der Waals surface area (Å²) in [5.74, 6) is 1.30. The van der Waals surface area contributed by atoms with Crippen molar-refractivity contribution in [2.75, 3.05) is 7.11 Å². The molecule has 7 heteroatoms. The monoisotopic (exact) mass is 377 g/mol. The van der Waals surface area contributed by atoms with Crippen molar-refractivity contribution in [3.63, 3.8) is 0 Å². The Labute approximate surface area is 139 Å². The van der Waals surface area contributed by atoms with Crippen LogP contribution in [0.3, 0.4) is 0 Å². The first-order chi connectivity index (χ1) is 10.6. The Balaban J connectivity index is 2.02. The molecule has 0 amide bonds. The molecular weight excluding hydrogens is 366 g/mol. The van der Waals surface area contributed by atoms with E-state index >= 15 is 0 Å². The molecule has 0 aliphatic rings. The number of aromatic nitrogens is 2. The van der Waals surface area contributed by atoms with Crippen LogP contribution in [0.1, 0.15) is 11.4 Å². The lowest BCUT2D eigenvalue weighted by molar-refractivity contribution is 0.412. The van der Waals surface area contributed by atoms with Crippen molar-refractivity contribution in [3.05, 3.63) is 55.9 Å². The summed E-state index contributed by atoms with van der Waals surface area (Å²) >= 11 is 4.87. The molecule has 22 heavy (non-hydrogen) atoms. The highest BCUT2D eigenvalue weighted by atomic mass is 79.9. The van der Waals surface area contributed by atoms with Crippen molar-refractivity contribution in [3.8, 4) is 5.75 Å². The Morgan fingerprint density at radius 1 is 1.41 bits per heavy atom. The molecule has 0 aliphatic heterocycles. The zero-order valence-electron chi connectivity index (χ0n) is 11.9. The number of methoxy groups -OCH3 is 1. The molecule has 3 aromatic rings. The van der Waals surface area contributed by atoms with Gasteiger partial charge in [-0.05, 0) is 58.1 Å². The predicted octanol–water partition coefficient (Wildman–Crippen LogP) is 3.42. The molecule has 0 radical (unpaired) electrons. The Hall–Kier alpha value is -1.99. The van der Waals surface area contributed by atoms with E-state index in [1.54, 1.807) is 26.3 Å². The third kappa shape index (κ3) is 2.69. The number of nitrogens with zero attached hydrogens (tertiary/aromatic N) is 3. The van der Waals surface area contributed by atoms with Crippen molar-refractivity contribution in [1.29, 1.82) is 0 Å². The Morgan fingerprint density at radius 3 is 2.95 bits per heavy atom. The number of ether oxygens (including phenoxy) is 1. The highest BCUT2D eigenvalue weighted by molar-refractivity contribution is 9.10. The maximum atomic E-state index is 12.4. The van der Waals surface area contributed by atoms with E-state index < -0.39 is 0 Å². The smallest absolute Gasteiger partial charge is 0.282 e. The molecule has 2 aromatic heterocycles. The number of fused-ring (bicyclic) bond motifs is 1. The van der Waals surface area contributed by atoms with E-state index in [4.69, 9.17) is 4.74 Å². The van der Waals surface area contributed by atoms with Gasteiger partial charge in [0.15, 0.2) is 0 Å². The lowest BCUT2D eigenvalue weighted by atomic mass is 10.2. The molecule has 3 rings (SSSR count). The summed E-state index contributed by atoms with van der Waals surface area (Å²) in [7, 11) is 1.61. The van der Waals surface area contributed by atoms with Gasteiger partial charge < -0.3 is 4.74 Å². The molecular formula is C15H12BrN3O2S. The summed E-state index contributed by atoms with van der Waals surface area (Å²) in [4.78, 5) is 17.5. The van der Waals surface area contributed by atoms with Gasteiger partial charge in [-0.15, -0.1) is 11.3 Å². The maximum Gasteiger partial charge on any atom is 0.282 e. The molecule has 5 nitrogen and oxygen atoms in total. The van der Waals surface area contributed by atoms with Gasteiger partial charge in [-0.2, -0.15) is 9.78 Å². The Kier molecular flexibility index (Phi) is 4.08. The van der Waals surface area contributed by atoms with Crippen molar-refractivity contribution in [2.45, 2.75) is 6.92 Å². The van der Waals surface area contributed by atoms with Crippen molar-refractivity contribution >= 4 is 43.7 Å². The molecule has 0 fully saturated rings. The second-order valence-electron chi connectivity index (χ2n) is 4.55. The normalized spacial score (nSPS) is 11.4. The van der Waals surface area contributed by atoms with E-state index in [1.807, 2.05) is 23.6 Å². The summed E-state index contributed by atoms with van der Waals surface area (Å²) in [6, 6.07) is 7.34. The van der Waals surface area contributed by atoms with Crippen LogP contribution in [0.25, 0.3) is 10.2 Å². The topological polar surface area (TPSA) is 56.5 Å². The molecule has 0 N–H and O–H groups in total. The van der Waals surface area contributed by atoms with Gasteiger partial charge in [0.25, 0.3) is 5.56 Å². The van der Waals surface area contributed by atoms with Gasteiger partial charge in [-0.25, -0.2) is 4.98 Å². The largest absolute Gasteiger partial charge is 0.496 e. The van der Waals surface area contributed by atoms with Crippen LogP contribution in [-0.4, -0.2) is 23.0 Å². The predicted molar refractivity (Wildman–Crippen MR) is 92.3 cm³/mol. The fourth-order valence-corrected chi connectivity index (χ4v) is 3.39. The Bertz CT molecular complexity index is 930. The van der Waals surface area contributed by atoms with Crippen LogP contribution in [0.15, 0.2) is 44.0 Å². The second-order valence-corrected chi connectivity index (χ2v) is 6.30. The van der Waals surface area contributed by atoms with Gasteiger partial charge in [0.05, 0.1) is 23.2 Å². The molecule has 1 aromatic carbocycles. The Morgan fingerprint density at radius 2 is 2.23 bits per heavy atom. The summed E-state index contributed by atoms with van der Waals surface area (Å²) < 4.78 is 7.33. The number of halogens is 1. The van der Waals surface area contributed by atoms with E-state index in [9.17, 15) is 4.79 Å². The standard InChI is InChI=1S/C15H12BrN3O2S/c1-9-18-14-11(5-6-22-14)15(20)19(9)17-8-10-3-4-13(21-2)12(16)7-10/h3-8H,1-2H3/b17-8-. The fraction of sp³-hybridized carbons (Fsp3) is 0.133. The van der Waals surface area contributed by atoms with Gasteiger partial charge in [0.2, 0.25) is 0 Å². The van der Waals surface area contributed by atoms with Crippen LogP contribution < -0.4 is 10.3 Å². The van der Waals surface area contributed by atoms with Gasteiger partial charge in [0.1, 0.15) is 16.4 Å². The number of hydrogen-bond donors (Lipinski definition) is 0. The first kappa shape index (κ1) is 14.9. The van der Waals surface area contributed by atoms with E-state index in [0.717, 1.165) is 20.6 Å². The lowest BCUT2D eigenvalue weighted by Crippen LogP contribution is -2.19. The molecule has 0 saturated carbocycles. The molecule has 112 valence electrons. The van der Waals surface area contributed by atoms with Crippen molar-refractivity contribution in [2.24, 2.45) is 5.10 Å². The minimum Gasteiger partial charge on any atom is -0.496 e. The molecule has 0 saturated heterocycles. The molecule has 0 bridgehead atoms. The third-order valence-corrected chi connectivity index (χ3v) is 4.56. The van der Waals surface area contributed by atoms with Gasteiger partial charge in [-0.3, -0.25) is 4.79 Å². The van der Waals surface area contributed by atoms with Crippen molar-refractivity contribution < 1.29 is 4.74 Å². The van der Waals surface area contributed by atoms with E-state index in [2.05, 4.69) is 26.0 Å². The highest BCUT2D eigenvalue weighted by Crippen LogP contribution is 2.24. The minimum absolute atomic E-state index is 0.160. The average molecular weight is 378 g/mol. The zero-order chi connectivity index (χ0) is 15.7. The summed E-state index contributed by atoms with van der Waals surface area (Å²) in [6.07, 6.45) is 1.62. The van der Waals surface area contributed by atoms with Crippen LogP contribution in [0, 0.1) is 6.92 Å². The molecule has 0 unspecified atom stereocenters. The molecule has 0 aliphatic carbocycles. The summed E-state index contributed by atoms with van der Waals surface area (Å²) in [5, 5.41) is 6.70. The van der Waals surface area contributed by atoms with Gasteiger partial charge in [0, 0.05) is 0 Å². The molecule has 0 atom stereocenters. The average Bonchev–Trinajstić information content (AvgIpc) is 2.95. The van der Waals surface area contributed by atoms with Crippen LogP contribution in [0.5, 0.6) is 5.75 Å². The number of aryl methyl sites for hydroxylation is 1. The fourth-order valence-electron chi connectivity index (χ4n) is 2.03. The quantitative estimate of drug-likeness (QED) is 0.657. The third-order valence-electron chi connectivity index (χ3n) is 3.14. The number of rotatable bonds is 3. The van der Waals surface area contributed by atoms with Gasteiger partial charge in [-0.1, -0.05) is 0 Å². The first-order valence-electron chi connectivity index (χ1n) is 6.45. The lowest BCUT2D eigenvalue weighted by Gasteiger charge is -2.04. The number of hydrogen-bond acceptors (Lipinski definition) is 5. The number of thiophene rings is 1. The van der Waals surface area contributed by atoms with Crippen LogP contribution in [0.4, 0.5) is 0 Å². The first-order valence-corrected chi connectivity index (χ1v) is 8.12. The van der Waals surface area contributed by atoms with E-state index in [0.29, 0.717) is 11.2 Å². The van der Waals surface area contributed by atoms with Crippen molar-refractivity contribution in [1.82, 2.24) is 9.66 Å². The van der Waals surface area contributed by atoms with Crippen LogP contribution >= 0.6 is 27.3 Å².